The Kier molecular flexibility index (Phi) is 5.36. The van der Waals surface area contributed by atoms with Crippen LogP contribution >= 0.6 is 0 Å². The van der Waals surface area contributed by atoms with Crippen molar-refractivity contribution < 1.29 is 13.2 Å². The Morgan fingerprint density at radius 1 is 0.885 bits per heavy atom. The van der Waals surface area contributed by atoms with Gasteiger partial charge in [0.2, 0.25) is 5.95 Å². The number of rotatable bonds is 6. The fourth-order valence-corrected chi connectivity index (χ4v) is 2.40. The third-order valence-corrected chi connectivity index (χ3v) is 3.66. The Bertz CT molecular complexity index is 898. The van der Waals surface area contributed by atoms with Gasteiger partial charge in [0.05, 0.1) is 0 Å². The fraction of sp³-hybridized carbons (Fsp3) is 0.158. The molecule has 1 aromatic heterocycles. The van der Waals surface area contributed by atoms with Crippen LogP contribution in [0.4, 0.5) is 30.6 Å². The molecule has 0 fully saturated rings. The normalized spacial score (nSPS) is 10.6. The third kappa shape index (κ3) is 4.72. The molecule has 0 spiro atoms. The zero-order valence-electron chi connectivity index (χ0n) is 14.1. The lowest BCUT2D eigenvalue weighted by Crippen LogP contribution is -2.09. The molecule has 0 aliphatic rings. The number of anilines is 3. The number of aryl methyl sites for hydroxylation is 1. The first-order valence-corrected chi connectivity index (χ1v) is 8.06. The molecule has 7 heteroatoms. The van der Waals surface area contributed by atoms with Crippen molar-refractivity contribution in [1.82, 2.24) is 9.97 Å². The van der Waals surface area contributed by atoms with Crippen LogP contribution in [-0.4, -0.2) is 16.5 Å². The van der Waals surface area contributed by atoms with E-state index in [0.29, 0.717) is 30.4 Å². The predicted octanol–water partition coefficient (Wildman–Crippen LogP) is 4.60. The van der Waals surface area contributed by atoms with Gasteiger partial charge < -0.3 is 10.6 Å². The van der Waals surface area contributed by atoms with Gasteiger partial charge in [0, 0.05) is 30.1 Å². The molecule has 0 amide bonds. The van der Waals surface area contributed by atoms with Gasteiger partial charge >= 0.3 is 0 Å². The van der Waals surface area contributed by atoms with Crippen LogP contribution in [0.3, 0.4) is 0 Å². The van der Waals surface area contributed by atoms with E-state index in [2.05, 4.69) is 20.6 Å². The fourth-order valence-electron chi connectivity index (χ4n) is 2.40. The molecule has 0 radical (unpaired) electrons. The van der Waals surface area contributed by atoms with Crippen molar-refractivity contribution in [3.63, 3.8) is 0 Å². The summed E-state index contributed by atoms with van der Waals surface area (Å²) in [6, 6.07) is 11.5. The number of nitrogens with one attached hydrogen (secondary N) is 2. The minimum Gasteiger partial charge on any atom is -0.354 e. The summed E-state index contributed by atoms with van der Waals surface area (Å²) in [5.74, 6) is -1.22. The molecule has 1 heterocycles. The minimum atomic E-state index is -0.932. The molecule has 3 aromatic rings. The Balaban J connectivity index is 1.65. The maximum Gasteiger partial charge on any atom is 0.224 e. The lowest BCUT2D eigenvalue weighted by atomic mass is 10.1. The molecular formula is C19H17F3N4. The van der Waals surface area contributed by atoms with Crippen LogP contribution < -0.4 is 10.6 Å². The van der Waals surface area contributed by atoms with Gasteiger partial charge in [0.1, 0.15) is 11.6 Å². The SMILES string of the molecule is Cc1cc(Nc2ccc(F)c(F)c2)nc(NCCc2ccc(F)cc2)n1. The Morgan fingerprint density at radius 2 is 1.65 bits per heavy atom. The van der Waals surface area contributed by atoms with Gasteiger partial charge in [-0.3, -0.25) is 0 Å². The molecule has 0 atom stereocenters. The molecular weight excluding hydrogens is 341 g/mol. The Hall–Kier alpha value is -3.09. The molecule has 0 bridgehead atoms. The van der Waals surface area contributed by atoms with Crippen LogP contribution in [0, 0.1) is 24.4 Å². The van der Waals surface area contributed by atoms with E-state index in [4.69, 9.17) is 0 Å². The van der Waals surface area contributed by atoms with Crippen LogP contribution in [0.2, 0.25) is 0 Å². The molecule has 0 saturated heterocycles. The number of hydrogen-bond acceptors (Lipinski definition) is 4. The van der Waals surface area contributed by atoms with Crippen molar-refractivity contribution in [3.8, 4) is 0 Å². The molecule has 134 valence electrons. The summed E-state index contributed by atoms with van der Waals surface area (Å²) in [4.78, 5) is 8.61. The summed E-state index contributed by atoms with van der Waals surface area (Å²) in [5, 5.41) is 6.03. The smallest absolute Gasteiger partial charge is 0.224 e. The maximum absolute atomic E-state index is 13.3. The highest BCUT2D eigenvalue weighted by Gasteiger charge is 2.06. The number of hydrogen-bond donors (Lipinski definition) is 2. The quantitative estimate of drug-likeness (QED) is 0.676. The number of nitrogens with zero attached hydrogens (tertiary/aromatic N) is 2. The van der Waals surface area contributed by atoms with Gasteiger partial charge in [-0.25, -0.2) is 18.2 Å². The molecule has 2 N–H and O–H groups in total. The number of halogens is 3. The van der Waals surface area contributed by atoms with Crippen LogP contribution in [0.1, 0.15) is 11.3 Å². The topological polar surface area (TPSA) is 49.8 Å². The van der Waals surface area contributed by atoms with Crippen LogP contribution in [0.15, 0.2) is 48.5 Å². The zero-order valence-corrected chi connectivity index (χ0v) is 14.1. The lowest BCUT2D eigenvalue weighted by molar-refractivity contribution is 0.509. The Labute approximate surface area is 149 Å². The summed E-state index contributed by atoms with van der Waals surface area (Å²) < 4.78 is 39.2. The van der Waals surface area contributed by atoms with E-state index in [9.17, 15) is 13.2 Å². The first kappa shape index (κ1) is 17.7. The molecule has 0 saturated carbocycles. The van der Waals surface area contributed by atoms with Crippen molar-refractivity contribution in [2.45, 2.75) is 13.3 Å². The van der Waals surface area contributed by atoms with Gasteiger partial charge in [-0.1, -0.05) is 12.1 Å². The van der Waals surface area contributed by atoms with Crippen molar-refractivity contribution in [2.75, 3.05) is 17.2 Å². The second kappa shape index (κ2) is 7.86. The minimum absolute atomic E-state index is 0.267. The predicted molar refractivity (Wildman–Crippen MR) is 95.0 cm³/mol. The average molecular weight is 358 g/mol. The van der Waals surface area contributed by atoms with Gasteiger partial charge in [-0.15, -0.1) is 0 Å². The summed E-state index contributed by atoms with van der Waals surface area (Å²) in [7, 11) is 0. The van der Waals surface area contributed by atoms with Crippen LogP contribution in [-0.2, 0) is 6.42 Å². The van der Waals surface area contributed by atoms with Crippen molar-refractivity contribution in [3.05, 3.63) is 77.2 Å². The first-order valence-electron chi connectivity index (χ1n) is 8.06. The Morgan fingerprint density at radius 3 is 2.38 bits per heavy atom. The van der Waals surface area contributed by atoms with Crippen molar-refractivity contribution >= 4 is 17.5 Å². The highest BCUT2D eigenvalue weighted by molar-refractivity contribution is 5.57. The average Bonchev–Trinajstić information content (AvgIpc) is 2.59. The molecule has 0 aliphatic heterocycles. The summed E-state index contributed by atoms with van der Waals surface area (Å²) >= 11 is 0. The van der Waals surface area contributed by atoms with Crippen molar-refractivity contribution in [2.24, 2.45) is 0 Å². The van der Waals surface area contributed by atoms with E-state index < -0.39 is 11.6 Å². The molecule has 0 unspecified atom stereocenters. The van der Waals surface area contributed by atoms with Gasteiger partial charge in [-0.2, -0.15) is 4.98 Å². The van der Waals surface area contributed by atoms with E-state index in [1.165, 1.54) is 18.2 Å². The van der Waals surface area contributed by atoms with E-state index in [0.717, 1.165) is 23.4 Å². The van der Waals surface area contributed by atoms with Crippen molar-refractivity contribution in [1.29, 1.82) is 0 Å². The number of aromatic nitrogens is 2. The monoisotopic (exact) mass is 358 g/mol. The van der Waals surface area contributed by atoms with Crippen LogP contribution in [0.5, 0.6) is 0 Å². The zero-order chi connectivity index (χ0) is 18.5. The molecule has 0 aliphatic carbocycles. The standard InChI is InChI=1S/C19H17F3N4/c1-12-10-18(25-15-6-7-16(21)17(22)11-15)26-19(24-12)23-9-8-13-2-4-14(20)5-3-13/h2-7,10-11H,8-9H2,1H3,(H2,23,24,25,26). The molecule has 26 heavy (non-hydrogen) atoms. The summed E-state index contributed by atoms with van der Waals surface area (Å²) in [5.41, 5.74) is 2.10. The first-order chi connectivity index (χ1) is 12.5. The van der Waals surface area contributed by atoms with E-state index >= 15 is 0 Å². The van der Waals surface area contributed by atoms with E-state index in [1.807, 2.05) is 6.92 Å². The van der Waals surface area contributed by atoms with E-state index in [1.54, 1.807) is 18.2 Å². The molecule has 2 aromatic carbocycles. The van der Waals surface area contributed by atoms with Gasteiger partial charge in [0.15, 0.2) is 11.6 Å². The lowest BCUT2D eigenvalue weighted by Gasteiger charge is -2.10. The molecule has 3 rings (SSSR count). The highest BCUT2D eigenvalue weighted by atomic mass is 19.2. The summed E-state index contributed by atoms with van der Waals surface area (Å²) in [6.45, 7) is 2.38. The third-order valence-electron chi connectivity index (χ3n) is 3.66. The highest BCUT2D eigenvalue weighted by Crippen LogP contribution is 2.19. The number of benzene rings is 2. The van der Waals surface area contributed by atoms with Crippen LogP contribution in [0.25, 0.3) is 0 Å². The second-order valence-electron chi connectivity index (χ2n) is 5.78. The van der Waals surface area contributed by atoms with Gasteiger partial charge in [-0.05, 0) is 43.2 Å². The molecule has 4 nitrogen and oxygen atoms in total. The second-order valence-corrected chi connectivity index (χ2v) is 5.78. The van der Waals surface area contributed by atoms with Gasteiger partial charge in [0.25, 0.3) is 0 Å². The van der Waals surface area contributed by atoms with E-state index in [-0.39, 0.29) is 5.82 Å². The largest absolute Gasteiger partial charge is 0.354 e. The summed E-state index contributed by atoms with van der Waals surface area (Å²) in [6.07, 6.45) is 0.684. The maximum atomic E-state index is 13.3.